The monoisotopic (exact) mass is 568 g/mol. The Morgan fingerprint density at radius 3 is 2.24 bits per heavy atom. The summed E-state index contributed by atoms with van der Waals surface area (Å²) in [6.45, 7) is 1.01. The Morgan fingerprint density at radius 1 is 1.08 bits per heavy atom. The summed E-state index contributed by atoms with van der Waals surface area (Å²) < 4.78 is 5.14. The smallest absolute Gasteiger partial charge is 0.341 e. The van der Waals surface area contributed by atoms with Crippen molar-refractivity contribution in [3.05, 3.63) is 76.6 Å². The van der Waals surface area contributed by atoms with Crippen molar-refractivity contribution >= 4 is 85.6 Å². The number of hydrogen-bond acceptors (Lipinski definition) is 9. The van der Waals surface area contributed by atoms with Gasteiger partial charge < -0.3 is 9.84 Å². The molecule has 2 N–H and O–H groups in total. The zero-order chi connectivity index (χ0) is 27.2. The van der Waals surface area contributed by atoms with Crippen LogP contribution in [0.2, 0.25) is 0 Å². The van der Waals surface area contributed by atoms with Crippen LogP contribution in [0.25, 0.3) is 5.57 Å². The van der Waals surface area contributed by atoms with Crippen molar-refractivity contribution in [2.24, 2.45) is 0 Å². The third-order valence-corrected chi connectivity index (χ3v) is 7.26. The summed E-state index contributed by atoms with van der Waals surface area (Å²) >= 11 is 7.00. The van der Waals surface area contributed by atoms with Crippen molar-refractivity contribution in [2.75, 3.05) is 23.4 Å². The lowest BCUT2D eigenvalue weighted by Crippen LogP contribution is -2.33. The summed E-state index contributed by atoms with van der Waals surface area (Å²) in [7, 11) is 0. The van der Waals surface area contributed by atoms with E-state index in [0.29, 0.717) is 11.4 Å². The molecule has 0 aliphatic carbocycles. The highest BCUT2D eigenvalue weighted by atomic mass is 32.2. The molecule has 3 aromatic rings. The quantitative estimate of drug-likeness (QED) is 0.225. The standard InChI is InChI=1S/C25H20N4O6S3/c1-2-35-22(33)19(20-21(32)28(13-18(30)31)25(36)38-20)17-14-37-23(26-17)27-24(34)29(15-9-5-3-6-10-15)16-11-7-4-8-12-16/h3-12,14H,2,13H2,1H3,(H,30,31)(H,26,27,34). The predicted molar refractivity (Wildman–Crippen MR) is 149 cm³/mol. The maximum absolute atomic E-state index is 13.4. The minimum Gasteiger partial charge on any atom is -0.480 e. The van der Waals surface area contributed by atoms with Crippen LogP contribution in [0.3, 0.4) is 0 Å². The number of carboxylic acid groups (broad SMARTS) is 1. The van der Waals surface area contributed by atoms with Gasteiger partial charge in [-0.3, -0.25) is 24.7 Å². The number of rotatable bonds is 8. The number of ether oxygens (including phenoxy) is 1. The Kier molecular flexibility index (Phi) is 8.51. The molecule has 1 aromatic heterocycles. The van der Waals surface area contributed by atoms with E-state index in [9.17, 15) is 19.2 Å². The van der Waals surface area contributed by atoms with Crippen molar-refractivity contribution in [1.29, 1.82) is 0 Å². The van der Waals surface area contributed by atoms with Gasteiger partial charge in [-0.1, -0.05) is 60.4 Å². The van der Waals surface area contributed by atoms with E-state index in [1.54, 1.807) is 31.2 Å². The minimum atomic E-state index is -1.25. The van der Waals surface area contributed by atoms with E-state index in [4.69, 9.17) is 22.1 Å². The number of urea groups is 1. The second-order valence-corrected chi connectivity index (χ2v) is 10.1. The fourth-order valence-electron chi connectivity index (χ4n) is 3.47. The number of aromatic nitrogens is 1. The van der Waals surface area contributed by atoms with Gasteiger partial charge >= 0.3 is 18.0 Å². The SMILES string of the molecule is CCOC(=O)C(=C1SC(=S)N(CC(=O)O)C1=O)c1csc(NC(=O)N(c2ccccc2)c2ccccc2)n1. The van der Waals surface area contributed by atoms with Crippen LogP contribution in [0, 0.1) is 0 Å². The maximum Gasteiger partial charge on any atom is 0.341 e. The number of hydrogen-bond donors (Lipinski definition) is 2. The lowest BCUT2D eigenvalue weighted by Gasteiger charge is -2.22. The zero-order valence-electron chi connectivity index (χ0n) is 19.8. The highest BCUT2D eigenvalue weighted by Gasteiger charge is 2.38. The summed E-state index contributed by atoms with van der Waals surface area (Å²) in [6, 6.07) is 17.6. The molecule has 1 aliphatic rings. The van der Waals surface area contributed by atoms with E-state index >= 15 is 0 Å². The van der Waals surface area contributed by atoms with E-state index in [-0.39, 0.29) is 32.2 Å². The van der Waals surface area contributed by atoms with Gasteiger partial charge in [0.15, 0.2) is 5.13 Å². The number of para-hydroxylation sites is 2. The zero-order valence-corrected chi connectivity index (χ0v) is 22.3. The van der Waals surface area contributed by atoms with Crippen LogP contribution in [0.15, 0.2) is 70.9 Å². The van der Waals surface area contributed by atoms with Gasteiger partial charge in [-0.05, 0) is 31.2 Å². The average molecular weight is 569 g/mol. The highest BCUT2D eigenvalue weighted by molar-refractivity contribution is 8.26. The molecular weight excluding hydrogens is 548 g/mol. The van der Waals surface area contributed by atoms with Crippen molar-refractivity contribution < 1.29 is 29.0 Å². The van der Waals surface area contributed by atoms with Crippen LogP contribution in [-0.4, -0.2) is 56.3 Å². The van der Waals surface area contributed by atoms with Gasteiger partial charge in [0.05, 0.1) is 28.6 Å². The van der Waals surface area contributed by atoms with Crippen molar-refractivity contribution in [3.8, 4) is 0 Å². The normalized spacial score (nSPS) is 14.3. The third kappa shape index (κ3) is 5.90. The summed E-state index contributed by atoms with van der Waals surface area (Å²) in [4.78, 5) is 57.0. The first-order valence-corrected chi connectivity index (χ1v) is 13.2. The Hall–Kier alpha value is -4.07. The first kappa shape index (κ1) is 27.0. The molecule has 0 atom stereocenters. The van der Waals surface area contributed by atoms with Gasteiger partial charge in [0.2, 0.25) is 0 Å². The molecule has 1 saturated heterocycles. The molecule has 0 unspecified atom stereocenters. The first-order valence-electron chi connectivity index (χ1n) is 11.1. The van der Waals surface area contributed by atoms with Crippen LogP contribution in [0.1, 0.15) is 12.6 Å². The van der Waals surface area contributed by atoms with Gasteiger partial charge in [0, 0.05) is 5.38 Å². The molecule has 10 nitrogen and oxygen atoms in total. The molecule has 0 radical (unpaired) electrons. The summed E-state index contributed by atoms with van der Waals surface area (Å²) in [5, 5.41) is 13.5. The van der Waals surface area contributed by atoms with Gasteiger partial charge in [0.1, 0.15) is 16.4 Å². The minimum absolute atomic E-state index is 0.000631. The molecule has 4 rings (SSSR count). The Labute approximate surface area is 230 Å². The fourth-order valence-corrected chi connectivity index (χ4v) is 5.48. The number of thiazole rings is 1. The van der Waals surface area contributed by atoms with Gasteiger partial charge in [0.25, 0.3) is 5.91 Å². The fraction of sp³-hybridized carbons (Fsp3) is 0.120. The molecule has 0 spiro atoms. The summed E-state index contributed by atoms with van der Waals surface area (Å²) in [5.41, 5.74) is 1.19. The largest absolute Gasteiger partial charge is 0.480 e. The van der Waals surface area contributed by atoms with E-state index in [2.05, 4.69) is 10.3 Å². The molecule has 1 fully saturated rings. The molecule has 3 amide bonds. The number of carbonyl (C=O) groups is 4. The Morgan fingerprint density at radius 2 is 1.68 bits per heavy atom. The lowest BCUT2D eigenvalue weighted by molar-refractivity contribution is -0.140. The molecule has 2 aromatic carbocycles. The van der Waals surface area contributed by atoms with Crippen LogP contribution in [0.4, 0.5) is 21.3 Å². The number of aliphatic carboxylic acids is 1. The topological polar surface area (TPSA) is 129 Å². The van der Waals surface area contributed by atoms with Crippen molar-refractivity contribution in [1.82, 2.24) is 9.88 Å². The van der Waals surface area contributed by atoms with Crippen LogP contribution < -0.4 is 10.2 Å². The summed E-state index contributed by atoms with van der Waals surface area (Å²) in [5.74, 6) is -2.80. The number of nitrogens with zero attached hydrogens (tertiary/aromatic N) is 3. The second kappa shape index (κ2) is 12.0. The summed E-state index contributed by atoms with van der Waals surface area (Å²) in [6.07, 6.45) is 0. The number of carbonyl (C=O) groups excluding carboxylic acids is 3. The number of thioether (sulfide) groups is 1. The van der Waals surface area contributed by atoms with Gasteiger partial charge in [-0.25, -0.2) is 14.6 Å². The molecule has 2 heterocycles. The van der Waals surface area contributed by atoms with Crippen LogP contribution in [-0.2, 0) is 19.1 Å². The molecule has 13 heteroatoms. The average Bonchev–Trinajstić information content (AvgIpc) is 3.45. The first-order chi connectivity index (χ1) is 18.3. The number of thiocarbonyl (C=S) groups is 1. The molecule has 0 bridgehead atoms. The third-order valence-electron chi connectivity index (χ3n) is 5.06. The van der Waals surface area contributed by atoms with E-state index in [0.717, 1.165) is 28.0 Å². The van der Waals surface area contributed by atoms with Crippen molar-refractivity contribution in [3.63, 3.8) is 0 Å². The van der Waals surface area contributed by atoms with Gasteiger partial charge in [-0.2, -0.15) is 0 Å². The number of amides is 3. The van der Waals surface area contributed by atoms with Crippen LogP contribution >= 0.6 is 35.3 Å². The molecular formula is C25H20N4O6S3. The number of anilines is 3. The highest BCUT2D eigenvalue weighted by Crippen LogP contribution is 2.38. The predicted octanol–water partition coefficient (Wildman–Crippen LogP) is 4.73. The number of nitrogens with one attached hydrogen (secondary N) is 1. The van der Waals surface area contributed by atoms with Gasteiger partial charge in [-0.15, -0.1) is 11.3 Å². The number of esters is 1. The second-order valence-electron chi connectivity index (χ2n) is 7.55. The van der Waals surface area contributed by atoms with E-state index in [1.807, 2.05) is 36.4 Å². The Balaban J connectivity index is 1.66. The van der Waals surface area contributed by atoms with Crippen LogP contribution in [0.5, 0.6) is 0 Å². The molecule has 0 saturated carbocycles. The molecule has 38 heavy (non-hydrogen) atoms. The molecule has 194 valence electrons. The number of benzene rings is 2. The lowest BCUT2D eigenvalue weighted by atomic mass is 10.2. The maximum atomic E-state index is 13.4. The van der Waals surface area contributed by atoms with E-state index in [1.165, 1.54) is 10.3 Å². The number of carboxylic acids is 1. The molecule has 1 aliphatic heterocycles. The van der Waals surface area contributed by atoms with Crippen molar-refractivity contribution in [2.45, 2.75) is 6.92 Å². The Bertz CT molecular complexity index is 1390. The van der Waals surface area contributed by atoms with E-state index < -0.39 is 30.4 Å².